The van der Waals surface area contributed by atoms with Crippen molar-refractivity contribution in [3.8, 4) is 17.1 Å². The van der Waals surface area contributed by atoms with Crippen molar-refractivity contribution in [1.29, 1.82) is 0 Å². The van der Waals surface area contributed by atoms with E-state index in [9.17, 15) is 8.78 Å². The molecule has 30 heavy (non-hydrogen) atoms. The summed E-state index contributed by atoms with van der Waals surface area (Å²) in [4.78, 5) is 4.38. The molecule has 0 N–H and O–H groups in total. The molecule has 0 atom stereocenters. The summed E-state index contributed by atoms with van der Waals surface area (Å²) in [6.45, 7) is 5.84. The molecule has 0 aliphatic carbocycles. The van der Waals surface area contributed by atoms with Crippen molar-refractivity contribution >= 4 is 22.6 Å². The molecule has 4 rings (SSSR count). The highest BCUT2D eigenvalue weighted by molar-refractivity contribution is 6.30. The first-order valence-electron chi connectivity index (χ1n) is 9.40. The van der Waals surface area contributed by atoms with Gasteiger partial charge in [0, 0.05) is 24.2 Å². The van der Waals surface area contributed by atoms with Gasteiger partial charge in [0.1, 0.15) is 0 Å². The lowest BCUT2D eigenvalue weighted by Gasteiger charge is -2.26. The lowest BCUT2D eigenvalue weighted by atomic mass is 10.1. The van der Waals surface area contributed by atoms with Crippen LogP contribution in [0.1, 0.15) is 26.6 Å². The Morgan fingerprint density at radius 3 is 2.47 bits per heavy atom. The van der Waals surface area contributed by atoms with E-state index < -0.39 is 23.0 Å². The van der Waals surface area contributed by atoms with Crippen LogP contribution in [0, 0.1) is 11.6 Å². The summed E-state index contributed by atoms with van der Waals surface area (Å²) in [6, 6.07) is 7.85. The maximum atomic E-state index is 14.3. The number of imidazole rings is 1. The Bertz CT molecular complexity index is 1220. The Balaban J connectivity index is 1.75. The number of aryl methyl sites for hydroxylation is 1. The minimum absolute atomic E-state index is 0.0425. The highest BCUT2D eigenvalue weighted by atomic mass is 35.5. The highest BCUT2D eigenvalue weighted by Crippen LogP contribution is 2.34. The predicted molar refractivity (Wildman–Crippen MR) is 110 cm³/mol. The zero-order valence-electron chi connectivity index (χ0n) is 16.9. The minimum Gasteiger partial charge on any atom is -0.474 e. The summed E-state index contributed by atoms with van der Waals surface area (Å²) in [6.07, 6.45) is 1.75. The van der Waals surface area contributed by atoms with Gasteiger partial charge < -0.3 is 13.9 Å². The van der Waals surface area contributed by atoms with E-state index in [2.05, 4.69) is 15.2 Å². The lowest BCUT2D eigenvalue weighted by Crippen LogP contribution is -2.30. The zero-order valence-corrected chi connectivity index (χ0v) is 17.7. The molecule has 4 aromatic rings. The Hall–Kier alpha value is -3.00. The standard InChI is InChI=1S/C21H20ClF2N5O/c1-5-29-19(12-6-7-17-16(8-12)25-11-28(17)4)26-27-20(29)21(2,3)30-18-14(23)9-13(22)10-15(18)24/h6-11H,5H2,1-4H3. The molecular formula is C21H20ClF2N5O. The van der Waals surface area contributed by atoms with Gasteiger partial charge in [-0.3, -0.25) is 0 Å². The molecule has 0 unspecified atom stereocenters. The molecule has 0 spiro atoms. The third-order valence-electron chi connectivity index (χ3n) is 4.91. The van der Waals surface area contributed by atoms with Crippen molar-refractivity contribution in [3.63, 3.8) is 0 Å². The summed E-state index contributed by atoms with van der Waals surface area (Å²) in [5, 5.41) is 8.57. The molecule has 156 valence electrons. The number of aromatic nitrogens is 5. The molecular weight excluding hydrogens is 412 g/mol. The minimum atomic E-state index is -1.16. The van der Waals surface area contributed by atoms with Crippen LogP contribution in [0.4, 0.5) is 8.78 Å². The Labute approximate surface area is 177 Å². The molecule has 0 fully saturated rings. The average molecular weight is 432 g/mol. The molecule has 2 aromatic carbocycles. The van der Waals surface area contributed by atoms with Gasteiger partial charge in [0.25, 0.3) is 0 Å². The van der Waals surface area contributed by atoms with E-state index in [0.29, 0.717) is 18.2 Å². The van der Waals surface area contributed by atoms with Gasteiger partial charge in [0.2, 0.25) is 0 Å². The molecule has 6 nitrogen and oxygen atoms in total. The van der Waals surface area contributed by atoms with Gasteiger partial charge >= 0.3 is 0 Å². The first-order chi connectivity index (χ1) is 14.2. The predicted octanol–water partition coefficient (Wildman–Crippen LogP) is 5.10. The summed E-state index contributed by atoms with van der Waals surface area (Å²) in [7, 11) is 1.93. The molecule has 0 aliphatic heterocycles. The average Bonchev–Trinajstić information content (AvgIpc) is 3.28. The van der Waals surface area contributed by atoms with E-state index in [0.717, 1.165) is 28.7 Å². The van der Waals surface area contributed by atoms with Crippen LogP contribution in [0.3, 0.4) is 0 Å². The second kappa shape index (κ2) is 7.36. The van der Waals surface area contributed by atoms with Crippen LogP contribution in [0.25, 0.3) is 22.4 Å². The van der Waals surface area contributed by atoms with Crippen molar-refractivity contribution in [2.45, 2.75) is 32.9 Å². The molecule has 2 heterocycles. The number of hydrogen-bond donors (Lipinski definition) is 0. The normalized spacial score (nSPS) is 12.0. The Morgan fingerprint density at radius 2 is 1.80 bits per heavy atom. The van der Waals surface area contributed by atoms with Crippen molar-refractivity contribution in [2.24, 2.45) is 7.05 Å². The first kappa shape index (κ1) is 20.3. The third kappa shape index (κ3) is 3.41. The largest absolute Gasteiger partial charge is 0.474 e. The van der Waals surface area contributed by atoms with Gasteiger partial charge in [-0.25, -0.2) is 13.8 Å². The molecule has 0 bridgehead atoms. The number of rotatable bonds is 5. The van der Waals surface area contributed by atoms with Gasteiger partial charge in [-0.2, -0.15) is 0 Å². The molecule has 0 amide bonds. The maximum Gasteiger partial charge on any atom is 0.192 e. The van der Waals surface area contributed by atoms with Crippen LogP contribution in [-0.2, 0) is 19.2 Å². The van der Waals surface area contributed by atoms with Crippen LogP contribution in [-0.4, -0.2) is 24.3 Å². The van der Waals surface area contributed by atoms with Crippen molar-refractivity contribution in [3.05, 3.63) is 59.1 Å². The van der Waals surface area contributed by atoms with Crippen LogP contribution < -0.4 is 4.74 Å². The van der Waals surface area contributed by atoms with Crippen molar-refractivity contribution in [1.82, 2.24) is 24.3 Å². The monoisotopic (exact) mass is 431 g/mol. The van der Waals surface area contributed by atoms with Gasteiger partial charge in [-0.1, -0.05) is 11.6 Å². The van der Waals surface area contributed by atoms with Crippen LogP contribution in [0.15, 0.2) is 36.7 Å². The van der Waals surface area contributed by atoms with E-state index in [4.69, 9.17) is 16.3 Å². The van der Waals surface area contributed by atoms with Crippen LogP contribution >= 0.6 is 11.6 Å². The quantitative estimate of drug-likeness (QED) is 0.441. The van der Waals surface area contributed by atoms with E-state index >= 15 is 0 Å². The first-order valence-corrected chi connectivity index (χ1v) is 9.77. The SMILES string of the molecule is CCn1c(-c2ccc3c(c2)ncn3C)nnc1C(C)(C)Oc1c(F)cc(Cl)cc1F. The number of hydrogen-bond acceptors (Lipinski definition) is 4. The Morgan fingerprint density at radius 1 is 1.10 bits per heavy atom. The molecule has 0 radical (unpaired) electrons. The topological polar surface area (TPSA) is 57.8 Å². The smallest absolute Gasteiger partial charge is 0.192 e. The van der Waals surface area contributed by atoms with Crippen molar-refractivity contribution in [2.75, 3.05) is 0 Å². The van der Waals surface area contributed by atoms with Crippen molar-refractivity contribution < 1.29 is 13.5 Å². The molecule has 0 aliphatic rings. The fourth-order valence-electron chi connectivity index (χ4n) is 3.46. The van der Waals surface area contributed by atoms with E-state index in [1.165, 1.54) is 0 Å². The number of benzene rings is 2. The van der Waals surface area contributed by atoms with Gasteiger partial charge in [-0.05, 0) is 51.1 Å². The number of ether oxygens (including phenoxy) is 1. The second-order valence-electron chi connectivity index (χ2n) is 7.46. The van der Waals surface area contributed by atoms with Gasteiger partial charge in [0.05, 0.1) is 17.4 Å². The number of halogens is 3. The zero-order chi connectivity index (χ0) is 21.6. The summed E-state index contributed by atoms with van der Waals surface area (Å²) in [5.41, 5.74) is 1.51. The second-order valence-corrected chi connectivity index (χ2v) is 7.90. The summed E-state index contributed by atoms with van der Waals surface area (Å²) < 4.78 is 38.0. The maximum absolute atomic E-state index is 14.3. The lowest BCUT2D eigenvalue weighted by molar-refractivity contribution is 0.0827. The fourth-order valence-corrected chi connectivity index (χ4v) is 3.66. The van der Waals surface area contributed by atoms with Crippen LogP contribution in [0.5, 0.6) is 5.75 Å². The highest BCUT2D eigenvalue weighted by Gasteiger charge is 2.33. The van der Waals surface area contributed by atoms with Crippen LogP contribution in [0.2, 0.25) is 5.02 Å². The van der Waals surface area contributed by atoms with Gasteiger partial charge in [-0.15, -0.1) is 10.2 Å². The van der Waals surface area contributed by atoms with E-state index in [-0.39, 0.29) is 5.02 Å². The summed E-state index contributed by atoms with van der Waals surface area (Å²) >= 11 is 5.70. The fraction of sp³-hybridized carbons (Fsp3) is 0.286. The van der Waals surface area contributed by atoms with E-state index in [1.54, 1.807) is 20.2 Å². The Kier molecular flexibility index (Phi) is 4.97. The number of fused-ring (bicyclic) bond motifs is 1. The molecule has 2 aromatic heterocycles. The van der Waals surface area contributed by atoms with E-state index in [1.807, 2.05) is 41.3 Å². The third-order valence-corrected chi connectivity index (χ3v) is 5.13. The summed E-state index contributed by atoms with van der Waals surface area (Å²) in [5.74, 6) is -1.21. The molecule has 0 saturated carbocycles. The van der Waals surface area contributed by atoms with Gasteiger partial charge in [0.15, 0.2) is 34.6 Å². The molecule has 9 heteroatoms. The molecule has 0 saturated heterocycles. The number of nitrogens with zero attached hydrogens (tertiary/aromatic N) is 5.